The summed E-state index contributed by atoms with van der Waals surface area (Å²) in [5, 5.41) is 4.16. The van der Waals surface area contributed by atoms with E-state index in [2.05, 4.69) is 22.3 Å². The Hall–Kier alpha value is -1.87. The third kappa shape index (κ3) is 3.42. The van der Waals surface area contributed by atoms with Crippen LogP contribution in [-0.2, 0) is 0 Å². The Labute approximate surface area is 130 Å². The highest BCUT2D eigenvalue weighted by molar-refractivity contribution is 6.33. The third-order valence-corrected chi connectivity index (χ3v) is 3.94. The first kappa shape index (κ1) is 14.1. The zero-order valence-electron chi connectivity index (χ0n) is 11.9. The smallest absolute Gasteiger partial charge is 0.142 e. The second-order valence-corrected chi connectivity index (χ2v) is 5.47. The number of rotatable bonds is 4. The molecule has 0 saturated carbocycles. The molecular formula is C17H19ClN2O. The molecule has 110 valence electrons. The van der Waals surface area contributed by atoms with Gasteiger partial charge < -0.3 is 15.0 Å². The van der Waals surface area contributed by atoms with Crippen LogP contribution in [0.3, 0.4) is 0 Å². The summed E-state index contributed by atoms with van der Waals surface area (Å²) in [7, 11) is 0. The van der Waals surface area contributed by atoms with Crippen molar-refractivity contribution in [1.82, 2.24) is 0 Å². The molecule has 0 aliphatic carbocycles. The number of anilines is 2. The van der Waals surface area contributed by atoms with E-state index in [4.69, 9.17) is 16.3 Å². The van der Waals surface area contributed by atoms with Gasteiger partial charge in [-0.25, -0.2) is 0 Å². The van der Waals surface area contributed by atoms with E-state index in [1.54, 1.807) is 0 Å². The Balaban J connectivity index is 1.64. The highest BCUT2D eigenvalue weighted by atomic mass is 35.5. The molecule has 0 fully saturated rings. The maximum atomic E-state index is 6.16. The fraction of sp³-hybridized carbons (Fsp3) is 0.294. The Kier molecular flexibility index (Phi) is 4.51. The van der Waals surface area contributed by atoms with Gasteiger partial charge in [-0.1, -0.05) is 35.9 Å². The first-order chi connectivity index (χ1) is 10.3. The molecule has 1 aliphatic rings. The van der Waals surface area contributed by atoms with Gasteiger partial charge in [0.1, 0.15) is 5.75 Å². The van der Waals surface area contributed by atoms with Crippen molar-refractivity contribution >= 4 is 23.0 Å². The molecule has 1 aliphatic heterocycles. The zero-order chi connectivity index (χ0) is 14.5. The van der Waals surface area contributed by atoms with Gasteiger partial charge in [-0.15, -0.1) is 0 Å². The first-order valence-corrected chi connectivity index (χ1v) is 7.67. The summed E-state index contributed by atoms with van der Waals surface area (Å²) in [5.41, 5.74) is 2.16. The van der Waals surface area contributed by atoms with Gasteiger partial charge in [0.25, 0.3) is 0 Å². The molecule has 0 aromatic heterocycles. The highest BCUT2D eigenvalue weighted by Crippen LogP contribution is 2.30. The molecule has 4 heteroatoms. The quantitative estimate of drug-likeness (QED) is 0.922. The van der Waals surface area contributed by atoms with Crippen molar-refractivity contribution < 1.29 is 4.74 Å². The number of halogens is 1. The topological polar surface area (TPSA) is 24.5 Å². The van der Waals surface area contributed by atoms with Crippen molar-refractivity contribution in [2.45, 2.75) is 6.42 Å². The minimum Gasteiger partial charge on any atom is -0.491 e. The van der Waals surface area contributed by atoms with Crippen LogP contribution in [0, 0.1) is 0 Å². The average molecular weight is 303 g/mol. The first-order valence-electron chi connectivity index (χ1n) is 7.30. The lowest BCUT2D eigenvalue weighted by atomic mass is 10.2. The van der Waals surface area contributed by atoms with Crippen LogP contribution >= 0.6 is 11.6 Å². The molecule has 0 bridgehead atoms. The fourth-order valence-corrected chi connectivity index (χ4v) is 2.76. The summed E-state index contributed by atoms with van der Waals surface area (Å²) in [4.78, 5) is 2.37. The van der Waals surface area contributed by atoms with E-state index >= 15 is 0 Å². The molecule has 3 nitrogen and oxygen atoms in total. The van der Waals surface area contributed by atoms with E-state index in [1.807, 2.05) is 36.4 Å². The molecule has 1 heterocycles. The van der Waals surface area contributed by atoms with Gasteiger partial charge in [-0.2, -0.15) is 0 Å². The minimum atomic E-state index is 0.761. The summed E-state index contributed by atoms with van der Waals surface area (Å²) in [6.07, 6.45) is 1.04. The SMILES string of the molecule is Clc1ccccc1NCCN1CCCOc2ccccc21. The van der Waals surface area contributed by atoms with Gasteiger partial charge in [0, 0.05) is 19.6 Å². The van der Waals surface area contributed by atoms with Crippen LogP contribution in [0.15, 0.2) is 48.5 Å². The molecule has 0 radical (unpaired) electrons. The van der Waals surface area contributed by atoms with Crippen LogP contribution < -0.4 is 15.0 Å². The predicted octanol–water partition coefficient (Wildman–Crippen LogP) is 4.04. The minimum absolute atomic E-state index is 0.761. The van der Waals surface area contributed by atoms with E-state index in [0.717, 1.165) is 49.1 Å². The van der Waals surface area contributed by atoms with Crippen molar-refractivity contribution in [3.8, 4) is 5.75 Å². The van der Waals surface area contributed by atoms with E-state index in [-0.39, 0.29) is 0 Å². The molecule has 1 N–H and O–H groups in total. The van der Waals surface area contributed by atoms with Gasteiger partial charge >= 0.3 is 0 Å². The Bertz CT molecular complexity index is 603. The van der Waals surface area contributed by atoms with Crippen LogP contribution in [0.25, 0.3) is 0 Å². The van der Waals surface area contributed by atoms with Crippen LogP contribution in [0.4, 0.5) is 11.4 Å². The number of hydrogen-bond donors (Lipinski definition) is 1. The summed E-state index contributed by atoms with van der Waals surface area (Å²) < 4.78 is 5.78. The standard InChI is InChI=1S/C17H19ClN2O/c18-14-6-1-2-7-15(14)19-10-12-20-11-5-13-21-17-9-4-3-8-16(17)20/h1-4,6-9,19H,5,10-13H2. The molecular weight excluding hydrogens is 284 g/mol. The second kappa shape index (κ2) is 6.72. The van der Waals surface area contributed by atoms with Crippen molar-refractivity contribution in [2.24, 2.45) is 0 Å². The van der Waals surface area contributed by atoms with Crippen LogP contribution in [-0.4, -0.2) is 26.2 Å². The van der Waals surface area contributed by atoms with Gasteiger partial charge in [0.15, 0.2) is 0 Å². The number of fused-ring (bicyclic) bond motifs is 1. The number of hydrogen-bond acceptors (Lipinski definition) is 3. The number of ether oxygens (including phenoxy) is 1. The summed E-state index contributed by atoms with van der Waals surface area (Å²) in [6, 6.07) is 16.1. The number of nitrogens with zero attached hydrogens (tertiary/aromatic N) is 1. The monoisotopic (exact) mass is 302 g/mol. The van der Waals surface area contributed by atoms with Crippen molar-refractivity contribution in [2.75, 3.05) is 36.5 Å². The lowest BCUT2D eigenvalue weighted by Gasteiger charge is -2.24. The number of para-hydroxylation sites is 3. The second-order valence-electron chi connectivity index (χ2n) is 5.06. The maximum absolute atomic E-state index is 6.16. The van der Waals surface area contributed by atoms with E-state index in [0.29, 0.717) is 0 Å². The molecule has 2 aromatic rings. The Morgan fingerprint density at radius 3 is 2.81 bits per heavy atom. The molecule has 0 amide bonds. The largest absolute Gasteiger partial charge is 0.491 e. The van der Waals surface area contributed by atoms with Crippen LogP contribution in [0.2, 0.25) is 5.02 Å². The molecule has 0 saturated heterocycles. The fourth-order valence-electron chi connectivity index (χ4n) is 2.56. The Morgan fingerprint density at radius 1 is 1.10 bits per heavy atom. The Morgan fingerprint density at radius 2 is 1.90 bits per heavy atom. The van der Waals surface area contributed by atoms with Crippen LogP contribution in [0.5, 0.6) is 5.75 Å². The van der Waals surface area contributed by atoms with Gasteiger partial charge in [-0.05, 0) is 30.7 Å². The van der Waals surface area contributed by atoms with E-state index in [1.165, 1.54) is 5.69 Å². The lowest BCUT2D eigenvalue weighted by Crippen LogP contribution is -2.29. The van der Waals surface area contributed by atoms with Crippen molar-refractivity contribution in [3.05, 3.63) is 53.6 Å². The highest BCUT2D eigenvalue weighted by Gasteiger charge is 2.15. The molecule has 0 atom stereocenters. The van der Waals surface area contributed by atoms with Crippen molar-refractivity contribution in [1.29, 1.82) is 0 Å². The van der Waals surface area contributed by atoms with Crippen molar-refractivity contribution in [3.63, 3.8) is 0 Å². The molecule has 21 heavy (non-hydrogen) atoms. The van der Waals surface area contributed by atoms with Crippen LogP contribution in [0.1, 0.15) is 6.42 Å². The van der Waals surface area contributed by atoms with Gasteiger partial charge in [-0.3, -0.25) is 0 Å². The summed E-state index contributed by atoms with van der Waals surface area (Å²) >= 11 is 6.16. The number of nitrogens with one attached hydrogen (secondary N) is 1. The summed E-state index contributed by atoms with van der Waals surface area (Å²) in [5.74, 6) is 0.979. The normalized spacial score (nSPS) is 14.0. The molecule has 0 spiro atoms. The van der Waals surface area contributed by atoms with Gasteiger partial charge in [0.2, 0.25) is 0 Å². The molecule has 2 aromatic carbocycles. The maximum Gasteiger partial charge on any atom is 0.142 e. The zero-order valence-corrected chi connectivity index (χ0v) is 12.6. The third-order valence-electron chi connectivity index (χ3n) is 3.61. The van der Waals surface area contributed by atoms with E-state index < -0.39 is 0 Å². The number of benzene rings is 2. The summed E-state index contributed by atoms with van der Waals surface area (Å²) in [6.45, 7) is 3.57. The molecule has 0 unspecified atom stereocenters. The van der Waals surface area contributed by atoms with E-state index in [9.17, 15) is 0 Å². The lowest BCUT2D eigenvalue weighted by molar-refractivity contribution is 0.322. The molecule has 3 rings (SSSR count). The average Bonchev–Trinajstić information content (AvgIpc) is 2.72. The predicted molar refractivity (Wildman–Crippen MR) is 88.7 cm³/mol. The van der Waals surface area contributed by atoms with Gasteiger partial charge in [0.05, 0.1) is 23.0 Å².